The Morgan fingerprint density at radius 1 is 1.30 bits per heavy atom. The quantitative estimate of drug-likeness (QED) is 0.821. The molecule has 8 heteroatoms. The van der Waals surface area contributed by atoms with Crippen molar-refractivity contribution in [1.82, 2.24) is 9.88 Å². The molecular formula is C15H20ClN3O3S. The molecule has 0 spiro atoms. The van der Waals surface area contributed by atoms with Gasteiger partial charge >= 0.3 is 0 Å². The summed E-state index contributed by atoms with van der Waals surface area (Å²) in [5.41, 5.74) is 6.88. The van der Waals surface area contributed by atoms with Crippen LogP contribution in [0.5, 0.6) is 11.5 Å². The third kappa shape index (κ3) is 4.71. The van der Waals surface area contributed by atoms with Crippen molar-refractivity contribution in [3.05, 3.63) is 34.8 Å². The molecule has 0 aliphatic carbocycles. The molecule has 1 aliphatic rings. The van der Waals surface area contributed by atoms with E-state index in [9.17, 15) is 0 Å². The largest absolute Gasteiger partial charge is 0.454 e. The van der Waals surface area contributed by atoms with Gasteiger partial charge in [0.15, 0.2) is 16.6 Å². The molecule has 2 heterocycles. The lowest BCUT2D eigenvalue weighted by molar-refractivity contribution is 0.140. The maximum Gasteiger partial charge on any atom is 0.231 e. The highest BCUT2D eigenvalue weighted by molar-refractivity contribution is 7.15. The zero-order valence-electron chi connectivity index (χ0n) is 12.9. The van der Waals surface area contributed by atoms with Crippen LogP contribution in [0.3, 0.4) is 0 Å². The molecule has 0 amide bonds. The van der Waals surface area contributed by atoms with Crippen LogP contribution in [0.2, 0.25) is 0 Å². The van der Waals surface area contributed by atoms with Crippen LogP contribution in [0.4, 0.5) is 5.13 Å². The second-order valence-electron chi connectivity index (χ2n) is 5.06. The number of hydrogen-bond donors (Lipinski definition) is 1. The Morgan fingerprint density at radius 3 is 2.87 bits per heavy atom. The van der Waals surface area contributed by atoms with Gasteiger partial charge in [-0.3, -0.25) is 4.90 Å². The number of aromatic nitrogens is 1. The molecule has 126 valence electrons. The lowest BCUT2D eigenvalue weighted by Gasteiger charge is -2.21. The first kappa shape index (κ1) is 17.8. The van der Waals surface area contributed by atoms with Gasteiger partial charge in [-0.15, -0.1) is 23.7 Å². The fraction of sp³-hybridized carbons (Fsp3) is 0.400. The number of nitrogens with zero attached hydrogens (tertiary/aromatic N) is 2. The Labute approximate surface area is 145 Å². The summed E-state index contributed by atoms with van der Waals surface area (Å²) < 4.78 is 16.0. The number of ether oxygens (including phenoxy) is 3. The van der Waals surface area contributed by atoms with E-state index >= 15 is 0 Å². The van der Waals surface area contributed by atoms with E-state index in [1.54, 1.807) is 7.11 Å². The van der Waals surface area contributed by atoms with Gasteiger partial charge in [-0.05, 0) is 17.7 Å². The number of nitrogen functional groups attached to an aromatic ring is 1. The smallest absolute Gasteiger partial charge is 0.231 e. The van der Waals surface area contributed by atoms with E-state index in [0.717, 1.165) is 36.0 Å². The predicted molar refractivity (Wildman–Crippen MR) is 92.3 cm³/mol. The van der Waals surface area contributed by atoms with Crippen molar-refractivity contribution in [2.75, 3.05) is 32.8 Å². The molecule has 3 rings (SSSR count). The minimum Gasteiger partial charge on any atom is -0.454 e. The van der Waals surface area contributed by atoms with Crippen LogP contribution >= 0.6 is 23.7 Å². The standard InChI is InChI=1S/C15H19N3O3S.ClH/c1-19-5-4-18(9-12-7-17-15(16)22-12)8-11-2-3-13-14(6-11)21-10-20-13;/h2-3,6-7H,4-5,8-10H2,1H3,(H2,16,17);1H. The van der Waals surface area contributed by atoms with Crippen molar-refractivity contribution in [1.29, 1.82) is 0 Å². The minimum atomic E-state index is 0. The second kappa shape index (κ2) is 8.35. The van der Waals surface area contributed by atoms with Gasteiger partial charge in [0.2, 0.25) is 6.79 Å². The highest BCUT2D eigenvalue weighted by atomic mass is 35.5. The fourth-order valence-electron chi connectivity index (χ4n) is 2.35. The van der Waals surface area contributed by atoms with Crippen molar-refractivity contribution < 1.29 is 14.2 Å². The van der Waals surface area contributed by atoms with Crippen LogP contribution in [0.15, 0.2) is 24.4 Å². The number of methoxy groups -OCH3 is 1. The SMILES string of the molecule is COCCN(Cc1ccc2c(c1)OCO2)Cc1cnc(N)s1.Cl. The van der Waals surface area contributed by atoms with E-state index < -0.39 is 0 Å². The van der Waals surface area contributed by atoms with Crippen LogP contribution in [-0.2, 0) is 17.8 Å². The first-order valence-corrected chi connectivity index (χ1v) is 7.86. The number of nitrogens with two attached hydrogens (primary N) is 1. The first-order chi connectivity index (χ1) is 10.7. The summed E-state index contributed by atoms with van der Waals surface area (Å²) >= 11 is 1.52. The Kier molecular flexibility index (Phi) is 6.47. The molecule has 1 aromatic heterocycles. The number of halogens is 1. The van der Waals surface area contributed by atoms with Gasteiger partial charge in [-0.2, -0.15) is 0 Å². The summed E-state index contributed by atoms with van der Waals surface area (Å²) in [6, 6.07) is 6.05. The predicted octanol–water partition coefficient (Wildman–Crippen LogP) is 2.52. The Bertz CT molecular complexity index is 638. The van der Waals surface area contributed by atoms with Gasteiger partial charge in [0.1, 0.15) is 0 Å². The Balaban J connectivity index is 0.00000192. The van der Waals surface area contributed by atoms with Crippen LogP contribution in [0.25, 0.3) is 0 Å². The van der Waals surface area contributed by atoms with Gasteiger partial charge in [0, 0.05) is 37.8 Å². The van der Waals surface area contributed by atoms with Crippen LogP contribution in [0, 0.1) is 0 Å². The van der Waals surface area contributed by atoms with Gasteiger partial charge in [0.05, 0.1) is 6.61 Å². The Hall–Kier alpha value is -1.54. The van der Waals surface area contributed by atoms with Crippen molar-refractivity contribution >= 4 is 28.9 Å². The maximum absolute atomic E-state index is 5.70. The monoisotopic (exact) mass is 357 g/mol. The maximum atomic E-state index is 5.70. The number of fused-ring (bicyclic) bond motifs is 1. The van der Waals surface area contributed by atoms with Crippen molar-refractivity contribution in [2.45, 2.75) is 13.1 Å². The highest BCUT2D eigenvalue weighted by Crippen LogP contribution is 2.33. The van der Waals surface area contributed by atoms with E-state index in [4.69, 9.17) is 19.9 Å². The molecule has 0 radical (unpaired) electrons. The second-order valence-corrected chi connectivity index (χ2v) is 6.20. The summed E-state index contributed by atoms with van der Waals surface area (Å²) in [4.78, 5) is 7.55. The normalized spacial score (nSPS) is 12.4. The molecule has 0 unspecified atom stereocenters. The summed E-state index contributed by atoms with van der Waals surface area (Å²) in [5.74, 6) is 1.62. The molecule has 0 bridgehead atoms. The van der Waals surface area contributed by atoms with E-state index in [1.165, 1.54) is 16.9 Å². The molecule has 0 saturated carbocycles. The topological polar surface area (TPSA) is 69.8 Å². The molecule has 6 nitrogen and oxygen atoms in total. The fourth-order valence-corrected chi connectivity index (χ4v) is 3.07. The molecule has 2 N–H and O–H groups in total. The molecule has 0 saturated heterocycles. The number of benzene rings is 1. The zero-order valence-corrected chi connectivity index (χ0v) is 14.5. The van der Waals surface area contributed by atoms with Crippen LogP contribution < -0.4 is 15.2 Å². The molecule has 2 aromatic rings. The summed E-state index contributed by atoms with van der Waals surface area (Å²) in [5, 5.41) is 0.602. The van der Waals surface area contributed by atoms with Crippen LogP contribution in [0.1, 0.15) is 10.4 Å². The van der Waals surface area contributed by atoms with E-state index in [2.05, 4.69) is 16.0 Å². The first-order valence-electron chi connectivity index (χ1n) is 7.04. The minimum absolute atomic E-state index is 0. The lowest BCUT2D eigenvalue weighted by atomic mass is 10.2. The Morgan fingerprint density at radius 2 is 2.13 bits per heavy atom. The van der Waals surface area contributed by atoms with Gasteiger partial charge in [-0.1, -0.05) is 6.07 Å². The highest BCUT2D eigenvalue weighted by Gasteiger charge is 2.15. The molecule has 1 aromatic carbocycles. The third-order valence-electron chi connectivity index (χ3n) is 3.41. The van der Waals surface area contributed by atoms with E-state index in [1.807, 2.05) is 18.3 Å². The molecule has 0 atom stereocenters. The van der Waals surface area contributed by atoms with Gasteiger partial charge < -0.3 is 19.9 Å². The average molecular weight is 358 g/mol. The number of thiazole rings is 1. The third-order valence-corrected chi connectivity index (χ3v) is 4.22. The van der Waals surface area contributed by atoms with Gasteiger partial charge in [0.25, 0.3) is 0 Å². The van der Waals surface area contributed by atoms with Crippen LogP contribution in [-0.4, -0.2) is 36.9 Å². The summed E-state index contributed by atoms with van der Waals surface area (Å²) in [6.07, 6.45) is 1.83. The number of hydrogen-bond acceptors (Lipinski definition) is 7. The zero-order chi connectivity index (χ0) is 15.4. The van der Waals surface area contributed by atoms with Crippen molar-refractivity contribution in [2.24, 2.45) is 0 Å². The lowest BCUT2D eigenvalue weighted by Crippen LogP contribution is -2.26. The summed E-state index contributed by atoms with van der Waals surface area (Å²) in [7, 11) is 1.71. The van der Waals surface area contributed by atoms with Crippen molar-refractivity contribution in [3.63, 3.8) is 0 Å². The van der Waals surface area contributed by atoms with E-state index in [0.29, 0.717) is 18.5 Å². The van der Waals surface area contributed by atoms with Gasteiger partial charge in [-0.25, -0.2) is 4.98 Å². The number of anilines is 1. The summed E-state index contributed by atoms with van der Waals surface area (Å²) in [6.45, 7) is 3.42. The average Bonchev–Trinajstić information content (AvgIpc) is 3.13. The van der Waals surface area contributed by atoms with Crippen molar-refractivity contribution in [3.8, 4) is 11.5 Å². The van der Waals surface area contributed by atoms with E-state index in [-0.39, 0.29) is 12.4 Å². The molecule has 23 heavy (non-hydrogen) atoms. The molecular weight excluding hydrogens is 338 g/mol. The molecule has 1 aliphatic heterocycles. The molecule has 0 fully saturated rings. The number of rotatable bonds is 7.